The van der Waals surface area contributed by atoms with Gasteiger partial charge in [-0.15, -0.1) is 0 Å². The summed E-state index contributed by atoms with van der Waals surface area (Å²) >= 11 is 12.0. The van der Waals surface area contributed by atoms with E-state index in [-0.39, 0.29) is 11.7 Å². The lowest BCUT2D eigenvalue weighted by molar-refractivity contribution is 0.575. The molecule has 2 aromatic carbocycles. The molecule has 19 heavy (non-hydrogen) atoms. The van der Waals surface area contributed by atoms with Gasteiger partial charge in [-0.2, -0.15) is 0 Å². The SMILES string of the molecule is Fc1ccc2c(c1)C(c1ccc(Cl)c(Cl)c1)CNC2. The fraction of sp³-hybridized carbons (Fsp3) is 0.200. The zero-order valence-corrected chi connectivity index (χ0v) is 11.6. The van der Waals surface area contributed by atoms with Crippen LogP contribution in [0.5, 0.6) is 0 Å². The second-order valence-corrected chi connectivity index (χ2v) is 5.51. The van der Waals surface area contributed by atoms with Gasteiger partial charge in [0.15, 0.2) is 0 Å². The highest BCUT2D eigenvalue weighted by atomic mass is 35.5. The van der Waals surface area contributed by atoms with E-state index >= 15 is 0 Å². The summed E-state index contributed by atoms with van der Waals surface area (Å²) < 4.78 is 13.5. The van der Waals surface area contributed by atoms with Crippen molar-refractivity contribution in [3.63, 3.8) is 0 Å². The number of halogens is 3. The Morgan fingerprint density at radius 2 is 1.89 bits per heavy atom. The highest BCUT2D eigenvalue weighted by Gasteiger charge is 2.22. The molecule has 0 bridgehead atoms. The van der Waals surface area contributed by atoms with Crippen LogP contribution in [0.25, 0.3) is 0 Å². The van der Waals surface area contributed by atoms with Crippen LogP contribution < -0.4 is 5.32 Å². The third-order valence-corrected chi connectivity index (χ3v) is 4.23. The van der Waals surface area contributed by atoms with E-state index in [0.29, 0.717) is 10.0 Å². The molecule has 98 valence electrons. The minimum Gasteiger partial charge on any atom is -0.312 e. The minimum atomic E-state index is -0.203. The molecule has 0 radical (unpaired) electrons. The van der Waals surface area contributed by atoms with Crippen molar-refractivity contribution in [2.24, 2.45) is 0 Å². The molecule has 2 aromatic rings. The van der Waals surface area contributed by atoms with Gasteiger partial charge in [0.1, 0.15) is 5.82 Å². The molecule has 0 saturated heterocycles. The predicted molar refractivity (Wildman–Crippen MR) is 76.4 cm³/mol. The molecule has 1 heterocycles. The lowest BCUT2D eigenvalue weighted by atomic mass is 9.85. The van der Waals surface area contributed by atoms with E-state index in [9.17, 15) is 4.39 Å². The molecule has 1 N–H and O–H groups in total. The van der Waals surface area contributed by atoms with Gasteiger partial charge in [-0.3, -0.25) is 0 Å². The first-order chi connectivity index (χ1) is 9.15. The van der Waals surface area contributed by atoms with Gasteiger partial charge < -0.3 is 5.32 Å². The Bertz CT molecular complexity index is 628. The molecule has 1 atom stereocenters. The Morgan fingerprint density at radius 3 is 2.68 bits per heavy atom. The Morgan fingerprint density at radius 1 is 1.05 bits per heavy atom. The molecule has 0 spiro atoms. The number of benzene rings is 2. The van der Waals surface area contributed by atoms with Crippen molar-refractivity contribution in [1.82, 2.24) is 5.32 Å². The fourth-order valence-electron chi connectivity index (χ4n) is 2.54. The molecular weight excluding hydrogens is 284 g/mol. The van der Waals surface area contributed by atoms with Gasteiger partial charge in [0, 0.05) is 19.0 Å². The summed E-state index contributed by atoms with van der Waals surface area (Å²) in [7, 11) is 0. The van der Waals surface area contributed by atoms with Gasteiger partial charge in [-0.1, -0.05) is 35.3 Å². The lowest BCUT2D eigenvalue weighted by Gasteiger charge is -2.27. The quantitative estimate of drug-likeness (QED) is 0.824. The third-order valence-electron chi connectivity index (χ3n) is 3.49. The van der Waals surface area contributed by atoms with E-state index in [2.05, 4.69) is 5.32 Å². The average Bonchev–Trinajstić information content (AvgIpc) is 2.41. The standard InChI is InChI=1S/C15H12Cl2FN/c16-14-4-2-9(5-15(14)17)13-8-19-7-10-1-3-11(18)6-12(10)13/h1-6,13,19H,7-8H2. The van der Waals surface area contributed by atoms with Crippen LogP contribution in [0.15, 0.2) is 36.4 Å². The maximum absolute atomic E-state index is 13.5. The Balaban J connectivity index is 2.07. The summed E-state index contributed by atoms with van der Waals surface area (Å²) in [6, 6.07) is 10.5. The summed E-state index contributed by atoms with van der Waals surface area (Å²) in [6.45, 7) is 1.54. The van der Waals surface area contributed by atoms with Crippen LogP contribution in [0.1, 0.15) is 22.6 Å². The third kappa shape index (κ3) is 2.48. The van der Waals surface area contributed by atoms with Crippen LogP contribution in [-0.2, 0) is 6.54 Å². The van der Waals surface area contributed by atoms with Crippen molar-refractivity contribution < 1.29 is 4.39 Å². The van der Waals surface area contributed by atoms with E-state index < -0.39 is 0 Å². The van der Waals surface area contributed by atoms with Crippen molar-refractivity contribution in [1.29, 1.82) is 0 Å². The van der Waals surface area contributed by atoms with Crippen LogP contribution in [0, 0.1) is 5.82 Å². The molecule has 0 fully saturated rings. The monoisotopic (exact) mass is 295 g/mol. The molecule has 4 heteroatoms. The zero-order valence-electron chi connectivity index (χ0n) is 10.1. The number of hydrogen-bond acceptors (Lipinski definition) is 1. The van der Waals surface area contributed by atoms with E-state index in [1.165, 1.54) is 6.07 Å². The Hall–Kier alpha value is -1.09. The number of rotatable bonds is 1. The maximum Gasteiger partial charge on any atom is 0.123 e. The van der Waals surface area contributed by atoms with Crippen molar-refractivity contribution in [2.75, 3.05) is 6.54 Å². The molecule has 0 aromatic heterocycles. The second-order valence-electron chi connectivity index (χ2n) is 4.70. The van der Waals surface area contributed by atoms with E-state index in [1.54, 1.807) is 12.1 Å². The van der Waals surface area contributed by atoms with Crippen LogP contribution >= 0.6 is 23.2 Å². The Kier molecular flexibility index (Phi) is 3.48. The van der Waals surface area contributed by atoms with Gasteiger partial charge in [0.25, 0.3) is 0 Å². The highest BCUT2D eigenvalue weighted by Crippen LogP contribution is 2.33. The summed E-state index contributed by atoms with van der Waals surface area (Å²) in [4.78, 5) is 0. The molecule has 1 aliphatic rings. The second kappa shape index (κ2) is 5.12. The van der Waals surface area contributed by atoms with Crippen LogP contribution in [0.4, 0.5) is 4.39 Å². The summed E-state index contributed by atoms with van der Waals surface area (Å²) in [5.41, 5.74) is 3.20. The van der Waals surface area contributed by atoms with Crippen LogP contribution in [0.3, 0.4) is 0 Å². The molecule has 0 aliphatic carbocycles. The topological polar surface area (TPSA) is 12.0 Å². The number of nitrogens with one attached hydrogen (secondary N) is 1. The number of fused-ring (bicyclic) bond motifs is 1. The normalized spacial score (nSPS) is 18.2. The first-order valence-corrected chi connectivity index (χ1v) is 6.85. The maximum atomic E-state index is 13.5. The largest absolute Gasteiger partial charge is 0.312 e. The predicted octanol–water partition coefficient (Wildman–Crippen LogP) is 4.37. The van der Waals surface area contributed by atoms with Gasteiger partial charge in [0.2, 0.25) is 0 Å². The van der Waals surface area contributed by atoms with Gasteiger partial charge in [-0.25, -0.2) is 4.39 Å². The van der Waals surface area contributed by atoms with Gasteiger partial charge in [-0.05, 0) is 41.0 Å². The van der Waals surface area contributed by atoms with Crippen LogP contribution in [0.2, 0.25) is 10.0 Å². The summed E-state index contributed by atoms with van der Waals surface area (Å²) in [5.74, 6) is -0.0973. The lowest BCUT2D eigenvalue weighted by Crippen LogP contribution is -2.28. The van der Waals surface area contributed by atoms with Gasteiger partial charge in [0.05, 0.1) is 10.0 Å². The molecule has 0 saturated carbocycles. The summed E-state index contributed by atoms with van der Waals surface area (Å²) in [6.07, 6.45) is 0. The molecule has 3 rings (SSSR count). The molecule has 1 aliphatic heterocycles. The van der Waals surface area contributed by atoms with Crippen molar-refractivity contribution in [2.45, 2.75) is 12.5 Å². The number of hydrogen-bond donors (Lipinski definition) is 1. The first kappa shape index (κ1) is 12.9. The van der Waals surface area contributed by atoms with Crippen LogP contribution in [-0.4, -0.2) is 6.54 Å². The molecule has 1 unspecified atom stereocenters. The van der Waals surface area contributed by atoms with E-state index in [4.69, 9.17) is 23.2 Å². The van der Waals surface area contributed by atoms with Crippen molar-refractivity contribution in [3.05, 3.63) is 69.0 Å². The van der Waals surface area contributed by atoms with E-state index in [1.807, 2.05) is 18.2 Å². The first-order valence-electron chi connectivity index (χ1n) is 6.09. The molecule has 1 nitrogen and oxygen atoms in total. The zero-order chi connectivity index (χ0) is 13.4. The van der Waals surface area contributed by atoms with Crippen molar-refractivity contribution >= 4 is 23.2 Å². The van der Waals surface area contributed by atoms with Gasteiger partial charge >= 0.3 is 0 Å². The summed E-state index contributed by atoms with van der Waals surface area (Å²) in [5, 5.41) is 4.41. The molecule has 0 amide bonds. The molecular formula is C15H12Cl2FN. The average molecular weight is 296 g/mol. The Labute approximate surface area is 121 Å². The van der Waals surface area contributed by atoms with E-state index in [0.717, 1.165) is 29.8 Å². The smallest absolute Gasteiger partial charge is 0.123 e. The minimum absolute atomic E-state index is 0.106. The highest BCUT2D eigenvalue weighted by molar-refractivity contribution is 6.42. The van der Waals surface area contributed by atoms with Crippen molar-refractivity contribution in [3.8, 4) is 0 Å². The fourth-order valence-corrected chi connectivity index (χ4v) is 2.85.